The normalized spacial score (nSPS) is 21.2. The van der Waals surface area contributed by atoms with Gasteiger partial charge in [0.15, 0.2) is 0 Å². The lowest BCUT2D eigenvalue weighted by molar-refractivity contribution is 0.0119. The first kappa shape index (κ1) is 16.7. The van der Waals surface area contributed by atoms with E-state index in [1.54, 1.807) is 0 Å². The molecule has 1 aromatic rings. The zero-order chi connectivity index (χ0) is 16.1. The van der Waals surface area contributed by atoms with Crippen molar-refractivity contribution in [1.29, 1.82) is 0 Å². The molecule has 23 heavy (non-hydrogen) atoms. The number of rotatable bonds is 4. The minimum atomic E-state index is 0.0341. The monoisotopic (exact) mass is 339 g/mol. The molecule has 3 rings (SSSR count). The smallest absolute Gasteiger partial charge is 0.317 e. The highest BCUT2D eigenvalue weighted by atomic mass is 32.2. The summed E-state index contributed by atoms with van der Waals surface area (Å²) in [6.07, 6.45) is 0. The third-order valence-electron chi connectivity index (χ3n) is 4.32. The maximum absolute atomic E-state index is 12.4. The zero-order valence-electron chi connectivity index (χ0n) is 13.6. The van der Waals surface area contributed by atoms with E-state index in [-0.39, 0.29) is 12.1 Å². The average Bonchev–Trinajstić information content (AvgIpc) is 3.03. The van der Waals surface area contributed by atoms with Gasteiger partial charge >= 0.3 is 6.03 Å². The highest BCUT2D eigenvalue weighted by molar-refractivity contribution is 7.99. The molecule has 2 aliphatic heterocycles. The lowest BCUT2D eigenvalue weighted by atomic mass is 10.1. The Hall–Kier alpha value is -1.18. The number of thioether (sulfide) groups is 1. The predicted molar refractivity (Wildman–Crippen MR) is 90.9 cm³/mol. The van der Waals surface area contributed by atoms with Gasteiger partial charge in [0.25, 0.3) is 0 Å². The molecule has 0 unspecified atom stereocenters. The van der Waals surface area contributed by atoms with Crippen molar-refractivity contribution in [3.63, 3.8) is 0 Å². The van der Waals surface area contributed by atoms with Crippen LogP contribution in [-0.2, 0) is 4.74 Å². The number of amides is 2. The number of carbonyl (C=O) groups excluding carboxylic acids is 1. The molecule has 1 N–H and O–H groups in total. The van der Waals surface area contributed by atoms with Crippen molar-refractivity contribution in [3.8, 4) is 0 Å². The van der Waals surface area contributed by atoms with Crippen LogP contribution in [0.3, 0.4) is 0 Å². The SMILES string of the molecule is Cc1ccc([C@H](CNC(=O)N2CCSCC2)N2CCOCC2)o1. The Morgan fingerprint density at radius 2 is 2.00 bits per heavy atom. The second-order valence-electron chi connectivity index (χ2n) is 5.90. The van der Waals surface area contributed by atoms with Gasteiger partial charge in [-0.2, -0.15) is 11.8 Å². The van der Waals surface area contributed by atoms with Crippen LogP contribution in [0, 0.1) is 6.92 Å². The first-order valence-corrected chi connectivity index (χ1v) is 9.38. The third kappa shape index (κ3) is 4.43. The summed E-state index contributed by atoms with van der Waals surface area (Å²) >= 11 is 1.90. The summed E-state index contributed by atoms with van der Waals surface area (Å²) in [6.45, 7) is 7.36. The molecule has 0 aliphatic carbocycles. The van der Waals surface area contributed by atoms with Crippen LogP contribution in [0.4, 0.5) is 4.79 Å². The van der Waals surface area contributed by atoms with Gasteiger partial charge in [-0.3, -0.25) is 4.90 Å². The molecule has 2 aliphatic rings. The molecule has 0 radical (unpaired) electrons. The van der Waals surface area contributed by atoms with Crippen molar-refractivity contribution in [3.05, 3.63) is 23.7 Å². The molecule has 2 amide bonds. The number of nitrogens with one attached hydrogen (secondary N) is 1. The van der Waals surface area contributed by atoms with Gasteiger partial charge < -0.3 is 19.4 Å². The molecule has 2 saturated heterocycles. The maximum Gasteiger partial charge on any atom is 0.317 e. The van der Waals surface area contributed by atoms with Gasteiger partial charge in [0.2, 0.25) is 0 Å². The van der Waals surface area contributed by atoms with Gasteiger partial charge in [-0.05, 0) is 19.1 Å². The number of urea groups is 1. The molecular formula is C16H25N3O3S. The van der Waals surface area contributed by atoms with E-state index in [0.717, 1.165) is 62.4 Å². The zero-order valence-corrected chi connectivity index (χ0v) is 14.4. The average molecular weight is 339 g/mol. The molecule has 128 valence electrons. The minimum Gasteiger partial charge on any atom is -0.465 e. The number of morpholine rings is 1. The Kier molecular flexibility index (Phi) is 5.85. The Morgan fingerprint density at radius 3 is 2.65 bits per heavy atom. The number of nitrogens with zero attached hydrogens (tertiary/aromatic N) is 2. The van der Waals surface area contributed by atoms with E-state index in [1.807, 2.05) is 35.7 Å². The fourth-order valence-electron chi connectivity index (χ4n) is 2.99. The molecule has 0 aromatic carbocycles. The van der Waals surface area contributed by atoms with Crippen LogP contribution < -0.4 is 5.32 Å². The van der Waals surface area contributed by atoms with E-state index in [1.165, 1.54) is 0 Å². The number of aryl methyl sites for hydroxylation is 1. The van der Waals surface area contributed by atoms with Gasteiger partial charge in [-0.25, -0.2) is 4.79 Å². The quantitative estimate of drug-likeness (QED) is 0.905. The lowest BCUT2D eigenvalue weighted by Gasteiger charge is -2.34. The van der Waals surface area contributed by atoms with Crippen LogP contribution in [0.5, 0.6) is 0 Å². The van der Waals surface area contributed by atoms with E-state index in [4.69, 9.17) is 9.15 Å². The molecule has 2 fully saturated rings. The van der Waals surface area contributed by atoms with Crippen LogP contribution in [0.1, 0.15) is 17.6 Å². The minimum absolute atomic E-state index is 0.0341. The number of hydrogen-bond acceptors (Lipinski definition) is 5. The third-order valence-corrected chi connectivity index (χ3v) is 5.26. The van der Waals surface area contributed by atoms with E-state index in [0.29, 0.717) is 6.54 Å². The summed E-state index contributed by atoms with van der Waals surface area (Å²) < 4.78 is 11.3. The van der Waals surface area contributed by atoms with Crippen molar-refractivity contribution in [1.82, 2.24) is 15.1 Å². The molecule has 6 nitrogen and oxygen atoms in total. The van der Waals surface area contributed by atoms with Crippen LogP contribution in [-0.4, -0.2) is 73.3 Å². The Morgan fingerprint density at radius 1 is 1.26 bits per heavy atom. The highest BCUT2D eigenvalue weighted by Gasteiger charge is 2.26. The Labute approximate surface area is 141 Å². The van der Waals surface area contributed by atoms with Crippen LogP contribution in [0.25, 0.3) is 0 Å². The lowest BCUT2D eigenvalue weighted by Crippen LogP contribution is -2.48. The fourth-order valence-corrected chi connectivity index (χ4v) is 3.90. The van der Waals surface area contributed by atoms with Crippen molar-refractivity contribution < 1.29 is 13.9 Å². The summed E-state index contributed by atoms with van der Waals surface area (Å²) in [6, 6.07) is 4.09. The second-order valence-corrected chi connectivity index (χ2v) is 7.12. The van der Waals surface area contributed by atoms with Gasteiger partial charge in [0.1, 0.15) is 11.5 Å². The van der Waals surface area contributed by atoms with E-state index >= 15 is 0 Å². The maximum atomic E-state index is 12.4. The molecular weight excluding hydrogens is 314 g/mol. The van der Waals surface area contributed by atoms with Crippen molar-refractivity contribution >= 4 is 17.8 Å². The summed E-state index contributed by atoms with van der Waals surface area (Å²) in [5, 5.41) is 3.09. The molecule has 1 atom stereocenters. The molecule has 7 heteroatoms. The summed E-state index contributed by atoms with van der Waals surface area (Å²) in [7, 11) is 0. The van der Waals surface area contributed by atoms with Crippen molar-refractivity contribution in [2.45, 2.75) is 13.0 Å². The van der Waals surface area contributed by atoms with Crippen LogP contribution >= 0.6 is 11.8 Å². The molecule has 1 aromatic heterocycles. The fraction of sp³-hybridized carbons (Fsp3) is 0.688. The van der Waals surface area contributed by atoms with Gasteiger partial charge in [-0.15, -0.1) is 0 Å². The van der Waals surface area contributed by atoms with E-state index < -0.39 is 0 Å². The first-order chi connectivity index (χ1) is 11.2. The first-order valence-electron chi connectivity index (χ1n) is 8.22. The molecule has 0 saturated carbocycles. The van der Waals surface area contributed by atoms with Crippen LogP contribution in [0.2, 0.25) is 0 Å². The van der Waals surface area contributed by atoms with E-state index in [9.17, 15) is 4.79 Å². The topological polar surface area (TPSA) is 58.0 Å². The number of hydrogen-bond donors (Lipinski definition) is 1. The van der Waals surface area contributed by atoms with Crippen molar-refractivity contribution in [2.75, 3.05) is 57.4 Å². The van der Waals surface area contributed by atoms with Crippen LogP contribution in [0.15, 0.2) is 16.5 Å². The Balaban J connectivity index is 1.62. The highest BCUT2D eigenvalue weighted by Crippen LogP contribution is 2.23. The largest absolute Gasteiger partial charge is 0.465 e. The van der Waals surface area contributed by atoms with E-state index in [2.05, 4.69) is 10.2 Å². The predicted octanol–water partition coefficient (Wildman–Crippen LogP) is 1.72. The summed E-state index contributed by atoms with van der Waals surface area (Å²) in [4.78, 5) is 16.6. The summed E-state index contributed by atoms with van der Waals surface area (Å²) in [5.41, 5.74) is 0. The standard InChI is InChI=1S/C16H25N3O3S/c1-13-2-3-15(22-13)14(18-4-8-21-9-5-18)12-17-16(20)19-6-10-23-11-7-19/h2-3,14H,4-12H2,1H3,(H,17,20)/t14-/m0/s1. The number of furan rings is 1. The molecule has 0 spiro atoms. The molecule has 3 heterocycles. The van der Waals surface area contributed by atoms with Gasteiger partial charge in [0, 0.05) is 44.2 Å². The Bertz CT molecular complexity index is 510. The number of ether oxygens (including phenoxy) is 1. The number of carbonyl (C=O) groups is 1. The van der Waals surface area contributed by atoms with Crippen molar-refractivity contribution in [2.24, 2.45) is 0 Å². The summed E-state index contributed by atoms with van der Waals surface area (Å²) in [5.74, 6) is 3.87. The van der Waals surface area contributed by atoms with Gasteiger partial charge in [-0.1, -0.05) is 0 Å². The second kappa shape index (κ2) is 8.08. The molecule has 0 bridgehead atoms. The van der Waals surface area contributed by atoms with Gasteiger partial charge in [0.05, 0.1) is 19.3 Å².